The van der Waals surface area contributed by atoms with Crippen molar-refractivity contribution in [1.29, 1.82) is 0 Å². The average molecular weight is 237 g/mol. The van der Waals surface area contributed by atoms with E-state index in [-0.39, 0.29) is 0 Å². The second kappa shape index (κ2) is 8.73. The molecule has 0 spiro atoms. The number of rotatable bonds is 8. The summed E-state index contributed by atoms with van der Waals surface area (Å²) in [7, 11) is 0. The van der Waals surface area contributed by atoms with Gasteiger partial charge in [-0.3, -0.25) is 4.89 Å². The first-order chi connectivity index (χ1) is 8.34. The highest BCUT2D eigenvalue weighted by Crippen LogP contribution is 2.02. The van der Waals surface area contributed by atoms with Gasteiger partial charge in [-0.1, -0.05) is 31.5 Å². The fourth-order valence-corrected chi connectivity index (χ4v) is 1.11. The maximum atomic E-state index is 11.4. The number of benzene rings is 1. The predicted molar refractivity (Wildman–Crippen MR) is 63.0 cm³/mol. The SMILES string of the molecule is CCCCOC[CH]OOC(=O)c1ccccc1. The van der Waals surface area contributed by atoms with Crippen molar-refractivity contribution in [2.45, 2.75) is 19.8 Å². The molecule has 4 nitrogen and oxygen atoms in total. The van der Waals surface area contributed by atoms with E-state index in [0.717, 1.165) is 12.8 Å². The zero-order chi connectivity index (χ0) is 12.3. The Morgan fingerprint density at radius 2 is 2.06 bits per heavy atom. The largest absolute Gasteiger partial charge is 0.378 e. The van der Waals surface area contributed by atoms with E-state index >= 15 is 0 Å². The summed E-state index contributed by atoms with van der Waals surface area (Å²) in [5.41, 5.74) is 0.452. The van der Waals surface area contributed by atoms with Gasteiger partial charge in [0.2, 0.25) is 0 Å². The standard InChI is InChI=1S/C13H17O4/c1-2-3-9-15-10-11-16-17-13(14)12-7-5-4-6-8-12/h4-8,11H,2-3,9-10H2,1H3. The van der Waals surface area contributed by atoms with Crippen molar-refractivity contribution in [3.05, 3.63) is 42.5 Å². The van der Waals surface area contributed by atoms with E-state index in [0.29, 0.717) is 18.8 Å². The highest BCUT2D eigenvalue weighted by Gasteiger charge is 2.06. The van der Waals surface area contributed by atoms with Gasteiger partial charge in [0.1, 0.15) is 0 Å². The van der Waals surface area contributed by atoms with Gasteiger partial charge in [-0.2, -0.15) is 4.89 Å². The van der Waals surface area contributed by atoms with Crippen LogP contribution < -0.4 is 0 Å². The zero-order valence-electron chi connectivity index (χ0n) is 9.93. The van der Waals surface area contributed by atoms with Crippen molar-refractivity contribution in [3.8, 4) is 0 Å². The van der Waals surface area contributed by atoms with Crippen LogP contribution in [0.5, 0.6) is 0 Å². The number of hydrogen-bond acceptors (Lipinski definition) is 4. The molecule has 4 heteroatoms. The molecule has 0 saturated heterocycles. The van der Waals surface area contributed by atoms with Crippen molar-refractivity contribution >= 4 is 5.97 Å². The molecular weight excluding hydrogens is 220 g/mol. The summed E-state index contributed by atoms with van der Waals surface area (Å²) in [5, 5.41) is 0. The molecule has 17 heavy (non-hydrogen) atoms. The fraction of sp³-hybridized carbons (Fsp3) is 0.385. The molecule has 0 aliphatic carbocycles. The zero-order valence-corrected chi connectivity index (χ0v) is 9.93. The van der Waals surface area contributed by atoms with Crippen LogP contribution in [-0.4, -0.2) is 19.2 Å². The first-order valence-electron chi connectivity index (χ1n) is 5.66. The molecule has 1 radical (unpaired) electrons. The van der Waals surface area contributed by atoms with E-state index in [1.54, 1.807) is 24.3 Å². The summed E-state index contributed by atoms with van der Waals surface area (Å²) in [6.45, 7) is 4.40. The molecule has 0 atom stereocenters. The van der Waals surface area contributed by atoms with Crippen LogP contribution >= 0.6 is 0 Å². The Hall–Kier alpha value is -1.39. The second-order valence-electron chi connectivity index (χ2n) is 3.43. The monoisotopic (exact) mass is 237 g/mol. The smallest absolute Gasteiger partial charge is 0.373 e. The van der Waals surface area contributed by atoms with Crippen molar-refractivity contribution < 1.29 is 19.3 Å². The summed E-state index contributed by atoms with van der Waals surface area (Å²) >= 11 is 0. The second-order valence-corrected chi connectivity index (χ2v) is 3.43. The predicted octanol–water partition coefficient (Wildman–Crippen LogP) is 2.75. The number of hydrogen-bond donors (Lipinski definition) is 0. The van der Waals surface area contributed by atoms with Gasteiger partial charge in [0.15, 0.2) is 6.61 Å². The lowest BCUT2D eigenvalue weighted by Crippen LogP contribution is -2.07. The molecule has 0 fully saturated rings. The third-order valence-electron chi connectivity index (χ3n) is 2.03. The Morgan fingerprint density at radius 1 is 1.29 bits per heavy atom. The maximum absolute atomic E-state index is 11.4. The molecule has 0 heterocycles. The molecule has 1 aromatic rings. The maximum Gasteiger partial charge on any atom is 0.373 e. The Balaban J connectivity index is 2.05. The van der Waals surface area contributed by atoms with Crippen LogP contribution in [0.4, 0.5) is 0 Å². The van der Waals surface area contributed by atoms with Gasteiger partial charge in [0, 0.05) is 6.61 Å². The average Bonchev–Trinajstić information content (AvgIpc) is 2.38. The summed E-state index contributed by atoms with van der Waals surface area (Å²) in [5.74, 6) is -0.518. The van der Waals surface area contributed by atoms with Gasteiger partial charge in [-0.15, -0.1) is 0 Å². The molecule has 0 aromatic heterocycles. The molecule has 0 N–H and O–H groups in total. The molecule has 1 aromatic carbocycles. The Bertz CT molecular complexity index is 310. The number of unbranched alkanes of at least 4 members (excludes halogenated alkanes) is 1. The number of carbonyl (C=O) groups is 1. The topological polar surface area (TPSA) is 44.8 Å². The summed E-state index contributed by atoms with van der Waals surface area (Å²) in [4.78, 5) is 20.6. The van der Waals surface area contributed by atoms with Crippen LogP contribution in [0.1, 0.15) is 30.1 Å². The van der Waals surface area contributed by atoms with E-state index in [4.69, 9.17) is 4.74 Å². The van der Waals surface area contributed by atoms with E-state index in [9.17, 15) is 4.79 Å². The molecule has 1 rings (SSSR count). The minimum atomic E-state index is -0.518. The highest BCUT2D eigenvalue weighted by molar-refractivity contribution is 5.88. The molecule has 0 bridgehead atoms. The van der Waals surface area contributed by atoms with E-state index in [1.165, 1.54) is 6.61 Å². The molecule has 93 valence electrons. The molecule has 0 amide bonds. The van der Waals surface area contributed by atoms with Crippen molar-refractivity contribution in [1.82, 2.24) is 0 Å². The van der Waals surface area contributed by atoms with Gasteiger partial charge in [0.05, 0.1) is 12.2 Å². The van der Waals surface area contributed by atoms with E-state index in [1.807, 2.05) is 6.07 Å². The van der Waals surface area contributed by atoms with E-state index < -0.39 is 5.97 Å². The molecule has 0 unspecified atom stereocenters. The molecule has 0 saturated carbocycles. The van der Waals surface area contributed by atoms with Crippen molar-refractivity contribution in [2.24, 2.45) is 0 Å². The van der Waals surface area contributed by atoms with Crippen LogP contribution in [0, 0.1) is 6.61 Å². The lowest BCUT2D eigenvalue weighted by atomic mass is 10.2. The lowest BCUT2D eigenvalue weighted by Gasteiger charge is -2.03. The van der Waals surface area contributed by atoms with Gasteiger partial charge < -0.3 is 4.74 Å². The van der Waals surface area contributed by atoms with Gasteiger partial charge in [-0.25, -0.2) is 4.79 Å². The van der Waals surface area contributed by atoms with Crippen LogP contribution in [-0.2, 0) is 14.5 Å². The van der Waals surface area contributed by atoms with Crippen molar-refractivity contribution in [2.75, 3.05) is 13.2 Å². The Kier molecular flexibility index (Phi) is 7.02. The quantitative estimate of drug-likeness (QED) is 0.396. The minimum Gasteiger partial charge on any atom is -0.378 e. The van der Waals surface area contributed by atoms with E-state index in [2.05, 4.69) is 16.7 Å². The van der Waals surface area contributed by atoms with Crippen LogP contribution in [0.15, 0.2) is 30.3 Å². The van der Waals surface area contributed by atoms with Gasteiger partial charge in [0.25, 0.3) is 0 Å². The third-order valence-corrected chi connectivity index (χ3v) is 2.03. The number of carbonyl (C=O) groups excluding carboxylic acids is 1. The summed E-state index contributed by atoms with van der Waals surface area (Å²) < 4.78 is 5.19. The van der Waals surface area contributed by atoms with Crippen LogP contribution in [0.25, 0.3) is 0 Å². The van der Waals surface area contributed by atoms with Crippen LogP contribution in [0.2, 0.25) is 0 Å². The number of ether oxygens (including phenoxy) is 1. The summed E-state index contributed by atoms with van der Waals surface area (Å²) in [6, 6.07) is 8.65. The Morgan fingerprint density at radius 3 is 2.76 bits per heavy atom. The highest BCUT2D eigenvalue weighted by atomic mass is 17.2. The van der Waals surface area contributed by atoms with Gasteiger partial charge in [-0.05, 0) is 18.6 Å². The normalized spacial score (nSPS) is 10.2. The molecule has 0 aliphatic heterocycles. The molecule has 0 aliphatic rings. The minimum absolute atomic E-state index is 0.308. The van der Waals surface area contributed by atoms with Crippen LogP contribution in [0.3, 0.4) is 0 Å². The van der Waals surface area contributed by atoms with Crippen molar-refractivity contribution in [3.63, 3.8) is 0 Å². The Labute approximate surface area is 101 Å². The fourth-order valence-electron chi connectivity index (χ4n) is 1.11. The summed E-state index contributed by atoms with van der Waals surface area (Å²) in [6.07, 6.45) is 2.10. The molecular formula is C13H17O4. The first kappa shape index (κ1) is 13.7. The van der Waals surface area contributed by atoms with Gasteiger partial charge >= 0.3 is 5.97 Å². The first-order valence-corrected chi connectivity index (χ1v) is 5.66. The lowest BCUT2D eigenvalue weighted by molar-refractivity contribution is -0.218. The third kappa shape index (κ3) is 6.04.